The number of thiazole rings is 1. The summed E-state index contributed by atoms with van der Waals surface area (Å²) in [6.07, 6.45) is 1.94. The molecule has 0 radical (unpaired) electrons. The Bertz CT molecular complexity index is 1060. The van der Waals surface area contributed by atoms with Gasteiger partial charge in [0.1, 0.15) is 17.0 Å². The molecule has 3 aromatic rings. The second kappa shape index (κ2) is 11.5. The summed E-state index contributed by atoms with van der Waals surface area (Å²) >= 11 is 1.10. The molecule has 3 rings (SSSR count). The van der Waals surface area contributed by atoms with Crippen LogP contribution in [0.3, 0.4) is 0 Å². The van der Waals surface area contributed by atoms with Crippen LogP contribution in [-0.2, 0) is 17.6 Å². The molecule has 0 atom stereocenters. The summed E-state index contributed by atoms with van der Waals surface area (Å²) < 4.78 is 0.789. The van der Waals surface area contributed by atoms with Crippen LogP contribution in [-0.4, -0.2) is 53.8 Å². The number of aromatic nitrogens is 1. The molecular formula is C22H28N4O4S. The molecule has 8 nitrogen and oxygen atoms in total. The van der Waals surface area contributed by atoms with E-state index in [1.54, 1.807) is 18.2 Å². The second-order valence-electron chi connectivity index (χ2n) is 7.23. The van der Waals surface area contributed by atoms with E-state index >= 15 is 0 Å². The lowest BCUT2D eigenvalue weighted by Gasteiger charge is -2.08. The minimum atomic E-state index is -0.178. The van der Waals surface area contributed by atoms with E-state index in [0.717, 1.165) is 46.6 Å². The van der Waals surface area contributed by atoms with Crippen molar-refractivity contribution >= 4 is 27.5 Å². The number of nitrogens with one attached hydrogen (secondary N) is 4. The summed E-state index contributed by atoms with van der Waals surface area (Å²) in [5.74, 6) is 0.356. The zero-order chi connectivity index (χ0) is 22.1. The predicted octanol–water partition coefficient (Wildman–Crippen LogP) is 1.47. The van der Waals surface area contributed by atoms with Crippen molar-refractivity contribution in [3.63, 3.8) is 0 Å². The van der Waals surface area contributed by atoms with Crippen LogP contribution in [0, 0.1) is 0 Å². The number of benzene rings is 2. The lowest BCUT2D eigenvalue weighted by Crippen LogP contribution is -2.34. The van der Waals surface area contributed by atoms with Crippen molar-refractivity contribution in [2.45, 2.75) is 19.3 Å². The fourth-order valence-corrected chi connectivity index (χ4v) is 4.17. The normalized spacial score (nSPS) is 11.1. The maximum Gasteiger partial charge on any atom is 0.305 e. The van der Waals surface area contributed by atoms with Crippen molar-refractivity contribution in [1.29, 1.82) is 0 Å². The third-order valence-corrected chi connectivity index (χ3v) is 5.82. The van der Waals surface area contributed by atoms with Crippen LogP contribution in [0.5, 0.6) is 11.5 Å². The second-order valence-corrected chi connectivity index (χ2v) is 8.22. The fourth-order valence-electron chi connectivity index (χ4n) is 3.27. The molecule has 166 valence electrons. The minimum Gasteiger partial charge on any atom is -0.508 e. The summed E-state index contributed by atoms with van der Waals surface area (Å²) in [4.78, 5) is 25.9. The van der Waals surface area contributed by atoms with Crippen molar-refractivity contribution in [2.24, 2.45) is 0 Å². The number of hydrogen-bond acceptors (Lipinski definition) is 7. The quantitative estimate of drug-likeness (QED) is 0.235. The smallest absolute Gasteiger partial charge is 0.305 e. The van der Waals surface area contributed by atoms with E-state index in [4.69, 9.17) is 0 Å². The van der Waals surface area contributed by atoms with Gasteiger partial charge in [0.15, 0.2) is 0 Å². The summed E-state index contributed by atoms with van der Waals surface area (Å²) in [7, 11) is 0. The van der Waals surface area contributed by atoms with Crippen LogP contribution in [0.25, 0.3) is 10.2 Å². The molecule has 0 saturated heterocycles. The Morgan fingerprint density at radius 1 is 0.968 bits per heavy atom. The Morgan fingerprint density at radius 3 is 2.61 bits per heavy atom. The van der Waals surface area contributed by atoms with Crippen molar-refractivity contribution < 1.29 is 15.0 Å². The van der Waals surface area contributed by atoms with Gasteiger partial charge in [-0.3, -0.25) is 9.59 Å². The number of phenolic OH excluding ortho intramolecular Hbond substituents is 2. The van der Waals surface area contributed by atoms with E-state index in [1.807, 2.05) is 18.2 Å². The van der Waals surface area contributed by atoms with E-state index in [9.17, 15) is 19.8 Å². The van der Waals surface area contributed by atoms with Gasteiger partial charge in [-0.15, -0.1) is 0 Å². The molecule has 0 aliphatic carbocycles. The van der Waals surface area contributed by atoms with Gasteiger partial charge in [-0.1, -0.05) is 29.5 Å². The molecule has 0 spiro atoms. The van der Waals surface area contributed by atoms with Gasteiger partial charge in [-0.2, -0.15) is 0 Å². The Balaban J connectivity index is 1.24. The van der Waals surface area contributed by atoms with Gasteiger partial charge in [0.25, 0.3) is 0 Å². The van der Waals surface area contributed by atoms with Crippen molar-refractivity contribution in [1.82, 2.24) is 20.9 Å². The molecule has 6 N–H and O–H groups in total. The predicted molar refractivity (Wildman–Crippen MR) is 123 cm³/mol. The molecule has 1 aromatic heterocycles. The molecule has 0 saturated carbocycles. The number of rotatable bonds is 12. The SMILES string of the molecule is O=C(CCNCCc1cccc(O)c1)NCCNCCc1ccc(O)c2[nH]c(=O)sc12. The van der Waals surface area contributed by atoms with Crippen LogP contribution in [0.4, 0.5) is 0 Å². The van der Waals surface area contributed by atoms with Gasteiger partial charge in [-0.25, -0.2) is 0 Å². The average molecular weight is 445 g/mol. The van der Waals surface area contributed by atoms with Crippen LogP contribution in [0.1, 0.15) is 17.5 Å². The maximum absolute atomic E-state index is 11.9. The Hall–Kier alpha value is -2.88. The van der Waals surface area contributed by atoms with Gasteiger partial charge >= 0.3 is 4.87 Å². The summed E-state index contributed by atoms with van der Waals surface area (Å²) in [6, 6.07) is 10.6. The number of H-pyrrole nitrogens is 1. The van der Waals surface area contributed by atoms with Crippen LogP contribution in [0.2, 0.25) is 0 Å². The van der Waals surface area contributed by atoms with Crippen LogP contribution >= 0.6 is 11.3 Å². The summed E-state index contributed by atoms with van der Waals surface area (Å²) in [5.41, 5.74) is 2.56. The third kappa shape index (κ3) is 7.09. The van der Waals surface area contributed by atoms with E-state index in [-0.39, 0.29) is 22.3 Å². The number of carbonyl (C=O) groups is 1. The summed E-state index contributed by atoms with van der Waals surface area (Å²) in [6.45, 7) is 3.26. The third-order valence-electron chi connectivity index (χ3n) is 4.86. The van der Waals surface area contributed by atoms with Gasteiger partial charge in [0.05, 0.1) is 4.70 Å². The molecule has 0 bridgehead atoms. The highest BCUT2D eigenvalue weighted by Crippen LogP contribution is 2.27. The van der Waals surface area contributed by atoms with Crippen LogP contribution < -0.4 is 20.8 Å². The first-order chi connectivity index (χ1) is 15.0. The minimum absolute atomic E-state index is 0.00370. The highest BCUT2D eigenvalue weighted by molar-refractivity contribution is 7.16. The molecule has 1 amide bonds. The monoisotopic (exact) mass is 444 g/mol. The zero-order valence-corrected chi connectivity index (χ0v) is 18.1. The summed E-state index contributed by atoms with van der Waals surface area (Å²) in [5, 5.41) is 28.7. The molecule has 31 heavy (non-hydrogen) atoms. The zero-order valence-electron chi connectivity index (χ0n) is 17.2. The molecule has 0 aliphatic heterocycles. The number of phenols is 2. The van der Waals surface area contributed by atoms with Gasteiger partial charge in [0, 0.05) is 26.1 Å². The Labute approximate surface area is 184 Å². The van der Waals surface area contributed by atoms with Crippen LogP contribution in [0.15, 0.2) is 41.2 Å². The molecule has 1 heterocycles. The van der Waals surface area contributed by atoms with E-state index in [2.05, 4.69) is 20.9 Å². The van der Waals surface area contributed by atoms with Crippen molar-refractivity contribution in [3.05, 3.63) is 57.2 Å². The number of aromatic hydroxyl groups is 2. The van der Waals surface area contributed by atoms with Gasteiger partial charge in [0.2, 0.25) is 5.91 Å². The molecule has 9 heteroatoms. The first-order valence-corrected chi connectivity index (χ1v) is 11.1. The van der Waals surface area contributed by atoms with E-state index < -0.39 is 0 Å². The first kappa shape index (κ1) is 22.8. The number of fused-ring (bicyclic) bond motifs is 1. The molecule has 0 aliphatic rings. The number of amides is 1. The van der Waals surface area contributed by atoms with Crippen molar-refractivity contribution in [3.8, 4) is 11.5 Å². The average Bonchev–Trinajstić information content (AvgIpc) is 3.14. The molecular weight excluding hydrogens is 416 g/mol. The maximum atomic E-state index is 11.9. The lowest BCUT2D eigenvalue weighted by molar-refractivity contribution is -0.120. The highest BCUT2D eigenvalue weighted by Gasteiger charge is 2.09. The molecule has 2 aromatic carbocycles. The van der Waals surface area contributed by atoms with Crippen molar-refractivity contribution in [2.75, 3.05) is 32.7 Å². The van der Waals surface area contributed by atoms with Gasteiger partial charge in [-0.05, 0) is 55.3 Å². The number of carbonyl (C=O) groups excluding carboxylic acids is 1. The Kier molecular flexibility index (Phi) is 8.45. The van der Waals surface area contributed by atoms with Gasteiger partial charge < -0.3 is 31.1 Å². The highest BCUT2D eigenvalue weighted by atomic mass is 32.1. The topological polar surface area (TPSA) is 126 Å². The number of aromatic amines is 1. The largest absolute Gasteiger partial charge is 0.508 e. The van der Waals surface area contributed by atoms with E-state index in [1.165, 1.54) is 0 Å². The first-order valence-electron chi connectivity index (χ1n) is 10.3. The number of hydrogen-bond donors (Lipinski definition) is 6. The molecule has 0 fully saturated rings. The fraction of sp³-hybridized carbons (Fsp3) is 0.364. The molecule has 0 unspecified atom stereocenters. The lowest BCUT2D eigenvalue weighted by atomic mass is 10.1. The standard InChI is InChI=1S/C22H28N4O4S/c27-17-3-1-2-15(14-17)6-9-23-11-8-19(29)25-13-12-24-10-7-16-4-5-18(28)20-21(16)31-22(30)26-20/h1-5,14,23-24,27-28H,6-13H2,(H,25,29)(H,26,30). The Morgan fingerprint density at radius 2 is 1.77 bits per heavy atom. The van der Waals surface area contributed by atoms with E-state index in [0.29, 0.717) is 38.1 Å².